The van der Waals surface area contributed by atoms with E-state index in [1.807, 2.05) is 0 Å². The lowest BCUT2D eigenvalue weighted by molar-refractivity contribution is -0.143. The van der Waals surface area contributed by atoms with Crippen LogP contribution >= 0.6 is 11.3 Å². The van der Waals surface area contributed by atoms with E-state index in [4.69, 9.17) is 4.98 Å². The highest BCUT2D eigenvalue weighted by Crippen LogP contribution is 2.35. The van der Waals surface area contributed by atoms with E-state index in [9.17, 15) is 9.90 Å². The van der Waals surface area contributed by atoms with Gasteiger partial charge in [0.25, 0.3) is 0 Å². The zero-order valence-electron chi connectivity index (χ0n) is 22.9. The first-order valence-electron chi connectivity index (χ1n) is 14.4. The first kappa shape index (κ1) is 26.9. The highest BCUT2D eigenvalue weighted by atomic mass is 32.1. The molecule has 38 heavy (non-hydrogen) atoms. The van der Waals surface area contributed by atoms with Gasteiger partial charge in [-0.1, -0.05) is 63.1 Å². The number of thiazole rings is 1. The molecule has 0 saturated carbocycles. The van der Waals surface area contributed by atoms with Crippen LogP contribution in [-0.4, -0.2) is 38.6 Å². The van der Waals surface area contributed by atoms with E-state index in [0.29, 0.717) is 5.92 Å². The second-order valence-electron chi connectivity index (χ2n) is 11.0. The number of rotatable bonds is 11. The van der Waals surface area contributed by atoms with Crippen LogP contribution in [0.5, 0.6) is 0 Å². The molecule has 6 heteroatoms. The van der Waals surface area contributed by atoms with Gasteiger partial charge in [0.15, 0.2) is 0 Å². The molecule has 1 aliphatic heterocycles. The Kier molecular flexibility index (Phi) is 8.80. The average molecular weight is 532 g/mol. The van der Waals surface area contributed by atoms with Gasteiger partial charge < -0.3 is 9.67 Å². The highest BCUT2D eigenvalue weighted by Gasteiger charge is 2.25. The lowest BCUT2D eigenvalue weighted by atomic mass is 9.90. The van der Waals surface area contributed by atoms with Crippen LogP contribution in [0.1, 0.15) is 92.1 Å². The van der Waals surface area contributed by atoms with Crippen LogP contribution in [0.15, 0.2) is 41.9 Å². The minimum absolute atomic E-state index is 0.193. The van der Waals surface area contributed by atoms with E-state index >= 15 is 0 Å². The SMILES string of the molecule is CCCC(CCC)c1ccc(Cn2cc(-c3csc(CN4CCC(C(=O)O)CC4)n3)c3c2CCC=C3)cc1. The molecule has 0 amide bonds. The average Bonchev–Trinajstić information content (AvgIpc) is 3.54. The minimum atomic E-state index is -0.656. The van der Waals surface area contributed by atoms with Gasteiger partial charge in [-0.2, -0.15) is 0 Å². The second kappa shape index (κ2) is 12.4. The first-order chi connectivity index (χ1) is 18.6. The highest BCUT2D eigenvalue weighted by molar-refractivity contribution is 7.09. The van der Waals surface area contributed by atoms with Crippen molar-refractivity contribution >= 4 is 23.4 Å². The van der Waals surface area contributed by atoms with Crippen molar-refractivity contribution in [1.29, 1.82) is 0 Å². The molecule has 1 fully saturated rings. The van der Waals surface area contributed by atoms with E-state index < -0.39 is 5.97 Å². The number of nitrogens with zero attached hydrogens (tertiary/aromatic N) is 3. The zero-order valence-corrected chi connectivity index (χ0v) is 23.7. The van der Waals surface area contributed by atoms with E-state index in [1.54, 1.807) is 11.3 Å². The third kappa shape index (κ3) is 6.13. The largest absolute Gasteiger partial charge is 0.481 e. The number of carboxylic acid groups (broad SMARTS) is 1. The van der Waals surface area contributed by atoms with E-state index in [0.717, 1.165) is 62.6 Å². The Morgan fingerprint density at radius 2 is 1.84 bits per heavy atom. The van der Waals surface area contributed by atoms with E-state index in [2.05, 4.69) is 71.3 Å². The van der Waals surface area contributed by atoms with Crippen LogP contribution in [-0.2, 0) is 24.3 Å². The summed E-state index contributed by atoms with van der Waals surface area (Å²) in [6, 6.07) is 9.36. The lowest BCUT2D eigenvalue weighted by Gasteiger charge is -2.29. The molecule has 2 aromatic heterocycles. The van der Waals surface area contributed by atoms with Crippen LogP contribution < -0.4 is 0 Å². The molecule has 1 N–H and O–H groups in total. The fourth-order valence-corrected chi connectivity index (χ4v) is 6.98. The smallest absolute Gasteiger partial charge is 0.306 e. The van der Waals surface area contributed by atoms with Crippen LogP contribution in [0.2, 0.25) is 0 Å². The number of carbonyl (C=O) groups is 1. The van der Waals surface area contributed by atoms with Crippen molar-refractivity contribution in [3.8, 4) is 11.3 Å². The Balaban J connectivity index is 1.31. The number of hydrogen-bond donors (Lipinski definition) is 1. The number of benzene rings is 1. The molecule has 3 heterocycles. The maximum atomic E-state index is 11.3. The second-order valence-corrected chi connectivity index (χ2v) is 11.9. The fraction of sp³-hybridized carbons (Fsp3) is 0.500. The summed E-state index contributed by atoms with van der Waals surface area (Å²) in [6.07, 6.45) is 15.5. The van der Waals surface area contributed by atoms with Crippen molar-refractivity contribution in [1.82, 2.24) is 14.5 Å². The van der Waals surface area contributed by atoms with Gasteiger partial charge in [-0.3, -0.25) is 9.69 Å². The molecule has 1 saturated heterocycles. The lowest BCUT2D eigenvalue weighted by Crippen LogP contribution is -2.35. The maximum absolute atomic E-state index is 11.3. The third-order valence-electron chi connectivity index (χ3n) is 8.27. The molecule has 0 unspecified atom stereocenters. The number of likely N-dealkylation sites (tertiary alicyclic amines) is 1. The summed E-state index contributed by atoms with van der Waals surface area (Å²) in [7, 11) is 0. The first-order valence-corrected chi connectivity index (χ1v) is 15.3. The molecule has 0 bridgehead atoms. The van der Waals surface area contributed by atoms with E-state index in [-0.39, 0.29) is 5.92 Å². The van der Waals surface area contributed by atoms with Crippen molar-refractivity contribution in [2.75, 3.05) is 13.1 Å². The summed E-state index contributed by atoms with van der Waals surface area (Å²) in [5, 5.41) is 12.6. The molecule has 0 radical (unpaired) electrons. The molecule has 1 aliphatic carbocycles. The number of aromatic nitrogens is 2. The molecule has 5 nitrogen and oxygen atoms in total. The Bertz CT molecular complexity index is 1240. The number of fused-ring (bicyclic) bond motifs is 1. The molecule has 3 aromatic rings. The van der Waals surface area contributed by atoms with Gasteiger partial charge in [-0.15, -0.1) is 11.3 Å². The molecule has 202 valence electrons. The molecule has 1 aromatic carbocycles. The third-order valence-corrected chi connectivity index (χ3v) is 9.10. The molecule has 2 aliphatic rings. The van der Waals surface area contributed by atoms with Gasteiger partial charge >= 0.3 is 5.97 Å². The van der Waals surface area contributed by atoms with Crippen molar-refractivity contribution < 1.29 is 9.90 Å². The number of aliphatic carboxylic acids is 1. The fourth-order valence-electron chi connectivity index (χ4n) is 6.15. The predicted octanol–water partition coefficient (Wildman–Crippen LogP) is 7.60. The number of carboxylic acids is 1. The number of allylic oxidation sites excluding steroid dienone is 1. The summed E-state index contributed by atoms with van der Waals surface area (Å²) >= 11 is 1.72. The van der Waals surface area contributed by atoms with Gasteiger partial charge in [0, 0.05) is 34.9 Å². The monoisotopic (exact) mass is 531 g/mol. The zero-order chi connectivity index (χ0) is 26.5. The Labute approximate surface area is 231 Å². The van der Waals surface area contributed by atoms with Gasteiger partial charge in [-0.25, -0.2) is 4.98 Å². The summed E-state index contributed by atoms with van der Waals surface area (Å²) < 4.78 is 2.44. The maximum Gasteiger partial charge on any atom is 0.306 e. The number of piperidine rings is 1. The van der Waals surface area contributed by atoms with Gasteiger partial charge in [0.1, 0.15) is 5.01 Å². The van der Waals surface area contributed by atoms with Crippen molar-refractivity contribution in [3.63, 3.8) is 0 Å². The summed E-state index contributed by atoms with van der Waals surface area (Å²) in [6.45, 7) is 7.92. The minimum Gasteiger partial charge on any atom is -0.481 e. The van der Waals surface area contributed by atoms with Gasteiger partial charge in [0.05, 0.1) is 18.2 Å². The summed E-state index contributed by atoms with van der Waals surface area (Å²) in [5.74, 6) is -0.171. The summed E-state index contributed by atoms with van der Waals surface area (Å²) in [5.41, 5.74) is 7.85. The van der Waals surface area contributed by atoms with Crippen LogP contribution in [0.4, 0.5) is 0 Å². The normalized spacial score (nSPS) is 16.3. The number of hydrogen-bond acceptors (Lipinski definition) is 4. The van der Waals surface area contributed by atoms with Crippen molar-refractivity contribution in [2.24, 2.45) is 5.92 Å². The van der Waals surface area contributed by atoms with Crippen LogP contribution in [0, 0.1) is 5.92 Å². The Morgan fingerprint density at radius 3 is 2.53 bits per heavy atom. The van der Waals surface area contributed by atoms with Crippen LogP contribution in [0.25, 0.3) is 17.3 Å². The Morgan fingerprint density at radius 1 is 1.11 bits per heavy atom. The van der Waals surface area contributed by atoms with Gasteiger partial charge in [-0.05, 0) is 68.7 Å². The summed E-state index contributed by atoms with van der Waals surface area (Å²) in [4.78, 5) is 18.6. The van der Waals surface area contributed by atoms with E-state index in [1.165, 1.54) is 53.6 Å². The topological polar surface area (TPSA) is 58.4 Å². The predicted molar refractivity (Wildman–Crippen MR) is 157 cm³/mol. The molecule has 5 rings (SSSR count). The van der Waals surface area contributed by atoms with Crippen molar-refractivity contribution in [2.45, 2.75) is 84.2 Å². The standard InChI is InChI=1S/C32H41N3O2S/c1-3-7-24(8-4-2)25-13-11-23(12-14-25)19-35-20-28(27-9-5-6-10-30(27)35)29-22-38-31(33-29)21-34-17-15-26(16-18-34)32(36)37/h5,9,11-14,20,22,24,26H,3-4,6-8,10,15-19,21H2,1-2H3,(H,36,37). The van der Waals surface area contributed by atoms with Crippen molar-refractivity contribution in [3.05, 3.63) is 69.3 Å². The van der Waals surface area contributed by atoms with Crippen LogP contribution in [0.3, 0.4) is 0 Å². The molecular weight excluding hydrogens is 490 g/mol. The quantitative estimate of drug-likeness (QED) is 0.277. The molecular formula is C32H41N3O2S. The molecule has 0 atom stereocenters. The van der Waals surface area contributed by atoms with Gasteiger partial charge in [0.2, 0.25) is 0 Å². The Hall–Kier alpha value is -2.70. The molecule has 0 spiro atoms.